The molecule has 1 atom stereocenters. The van der Waals surface area contributed by atoms with Gasteiger partial charge in [-0.2, -0.15) is 0 Å². The van der Waals surface area contributed by atoms with Crippen LogP contribution in [0.3, 0.4) is 0 Å². The van der Waals surface area contributed by atoms with Crippen LogP contribution in [0.4, 0.5) is 11.4 Å². The monoisotopic (exact) mass is 357 g/mol. The first-order valence-electron chi connectivity index (χ1n) is 9.46. The first-order valence-corrected chi connectivity index (χ1v) is 9.46. The minimum Gasteiger partial charge on any atom is -0.459 e. The first-order chi connectivity index (χ1) is 13.0. The lowest BCUT2D eigenvalue weighted by molar-refractivity contribution is 0.0725. The number of hydrogen-bond acceptors (Lipinski definition) is 4. The fraction of sp³-hybridized carbons (Fsp3) is 0.304. The molecule has 4 heteroatoms. The SMILES string of the molecule is CC(C)N1c2ccccc2C(C)(C)C12C=Nc1c(ccc3ncccc13)O2. The summed E-state index contributed by atoms with van der Waals surface area (Å²) in [4.78, 5) is 11.7. The molecule has 1 spiro atoms. The van der Waals surface area contributed by atoms with Gasteiger partial charge in [0.05, 0.1) is 17.1 Å². The molecule has 0 amide bonds. The number of aliphatic imine (C=N–C) groups is 1. The third-order valence-electron chi connectivity index (χ3n) is 5.96. The molecule has 0 N–H and O–H groups in total. The summed E-state index contributed by atoms with van der Waals surface area (Å²) >= 11 is 0. The summed E-state index contributed by atoms with van der Waals surface area (Å²) in [6.07, 6.45) is 3.81. The van der Waals surface area contributed by atoms with Crippen molar-refractivity contribution < 1.29 is 4.74 Å². The number of hydrogen-bond donors (Lipinski definition) is 0. The molecule has 5 rings (SSSR count). The van der Waals surface area contributed by atoms with Crippen LogP contribution in [0.5, 0.6) is 5.75 Å². The van der Waals surface area contributed by atoms with Gasteiger partial charge in [-0.1, -0.05) is 18.2 Å². The second kappa shape index (κ2) is 5.32. The van der Waals surface area contributed by atoms with Crippen LogP contribution in [-0.4, -0.2) is 23.0 Å². The molecule has 4 nitrogen and oxygen atoms in total. The maximum atomic E-state index is 6.81. The smallest absolute Gasteiger partial charge is 0.229 e. The lowest BCUT2D eigenvalue weighted by Crippen LogP contribution is -2.64. The van der Waals surface area contributed by atoms with Gasteiger partial charge >= 0.3 is 0 Å². The van der Waals surface area contributed by atoms with Crippen molar-refractivity contribution in [2.75, 3.05) is 4.90 Å². The molecular weight excluding hydrogens is 334 g/mol. The zero-order valence-corrected chi connectivity index (χ0v) is 16.1. The van der Waals surface area contributed by atoms with E-state index in [1.165, 1.54) is 11.3 Å². The van der Waals surface area contributed by atoms with Crippen molar-refractivity contribution in [2.24, 2.45) is 4.99 Å². The zero-order valence-electron chi connectivity index (χ0n) is 16.1. The summed E-state index contributed by atoms with van der Waals surface area (Å²) in [6, 6.07) is 16.9. The molecule has 2 aromatic carbocycles. The standard InChI is InChI=1S/C23H23N3O/c1-15(2)26-19-10-6-5-9-17(19)22(3,4)23(26)14-25-21-16-8-7-13-24-18(16)11-12-20(21)27-23/h5-15H,1-4H3. The lowest BCUT2D eigenvalue weighted by atomic mass is 9.77. The van der Waals surface area contributed by atoms with Crippen molar-refractivity contribution in [2.45, 2.75) is 44.9 Å². The number of benzene rings is 2. The number of fused-ring (bicyclic) bond motifs is 4. The molecule has 0 saturated carbocycles. The van der Waals surface area contributed by atoms with E-state index in [2.05, 4.69) is 67.9 Å². The van der Waals surface area contributed by atoms with Crippen LogP contribution in [0.1, 0.15) is 33.3 Å². The first kappa shape index (κ1) is 16.3. The van der Waals surface area contributed by atoms with Crippen molar-refractivity contribution in [3.8, 4) is 5.75 Å². The molecule has 2 aliphatic rings. The van der Waals surface area contributed by atoms with E-state index in [0.717, 1.165) is 22.3 Å². The van der Waals surface area contributed by atoms with Crippen LogP contribution in [0.15, 0.2) is 59.7 Å². The minimum absolute atomic E-state index is 0.251. The fourth-order valence-electron chi connectivity index (χ4n) is 4.63. The number of pyridine rings is 1. The van der Waals surface area contributed by atoms with Crippen molar-refractivity contribution in [3.63, 3.8) is 0 Å². The number of ether oxygens (including phenoxy) is 1. The summed E-state index contributed by atoms with van der Waals surface area (Å²) in [5.74, 6) is 0.810. The van der Waals surface area contributed by atoms with Gasteiger partial charge in [-0.15, -0.1) is 0 Å². The van der Waals surface area contributed by atoms with Gasteiger partial charge in [-0.3, -0.25) is 9.98 Å². The molecule has 0 saturated heterocycles. The normalized spacial score (nSPS) is 22.2. The zero-order chi connectivity index (χ0) is 18.8. The fourth-order valence-corrected chi connectivity index (χ4v) is 4.63. The van der Waals surface area contributed by atoms with E-state index in [0.29, 0.717) is 0 Å². The van der Waals surface area contributed by atoms with Crippen LogP contribution in [0.25, 0.3) is 10.9 Å². The van der Waals surface area contributed by atoms with Gasteiger partial charge in [0.15, 0.2) is 0 Å². The Labute approximate surface area is 159 Å². The topological polar surface area (TPSA) is 37.7 Å². The molecular formula is C23H23N3O. The van der Waals surface area contributed by atoms with Crippen LogP contribution < -0.4 is 9.64 Å². The quantitative estimate of drug-likeness (QED) is 0.598. The third-order valence-corrected chi connectivity index (χ3v) is 5.96. The molecule has 0 aliphatic carbocycles. The van der Waals surface area contributed by atoms with Gasteiger partial charge < -0.3 is 9.64 Å². The second-order valence-electron chi connectivity index (χ2n) is 8.14. The van der Waals surface area contributed by atoms with Crippen LogP contribution in [0.2, 0.25) is 0 Å². The van der Waals surface area contributed by atoms with Crippen molar-refractivity contribution >= 4 is 28.5 Å². The summed E-state index contributed by atoms with van der Waals surface area (Å²) in [5, 5.41) is 1.02. The van der Waals surface area contributed by atoms with E-state index < -0.39 is 5.72 Å². The summed E-state index contributed by atoms with van der Waals surface area (Å²) in [6.45, 7) is 8.90. The average Bonchev–Trinajstić information content (AvgIpc) is 2.85. The third kappa shape index (κ3) is 1.98. The maximum absolute atomic E-state index is 6.81. The van der Waals surface area contributed by atoms with E-state index in [1.807, 2.05) is 24.4 Å². The van der Waals surface area contributed by atoms with Crippen LogP contribution in [0, 0.1) is 0 Å². The van der Waals surface area contributed by atoms with E-state index in [-0.39, 0.29) is 11.5 Å². The highest BCUT2D eigenvalue weighted by Gasteiger charge is 2.60. The Morgan fingerprint density at radius 1 is 1.00 bits per heavy atom. The van der Waals surface area contributed by atoms with E-state index in [9.17, 15) is 0 Å². The molecule has 3 aromatic rings. The van der Waals surface area contributed by atoms with Gasteiger partial charge in [0, 0.05) is 23.3 Å². The number of anilines is 1. The van der Waals surface area contributed by atoms with Crippen molar-refractivity contribution in [1.29, 1.82) is 0 Å². The number of aromatic nitrogens is 1. The highest BCUT2D eigenvalue weighted by molar-refractivity contribution is 5.98. The highest BCUT2D eigenvalue weighted by Crippen LogP contribution is 2.55. The summed E-state index contributed by atoms with van der Waals surface area (Å²) in [5.41, 5.74) is 3.39. The van der Waals surface area contributed by atoms with E-state index >= 15 is 0 Å². The predicted molar refractivity (Wildman–Crippen MR) is 110 cm³/mol. The number of nitrogens with zero attached hydrogens (tertiary/aromatic N) is 3. The number of rotatable bonds is 1. The Balaban J connectivity index is 1.74. The largest absolute Gasteiger partial charge is 0.459 e. The molecule has 3 heterocycles. The Morgan fingerprint density at radius 2 is 1.81 bits per heavy atom. The molecule has 0 radical (unpaired) electrons. The van der Waals surface area contributed by atoms with Crippen molar-refractivity contribution in [3.05, 3.63) is 60.3 Å². The molecule has 1 aromatic heterocycles. The summed E-state index contributed by atoms with van der Waals surface area (Å²) < 4.78 is 6.81. The lowest BCUT2D eigenvalue weighted by Gasteiger charge is -2.47. The highest BCUT2D eigenvalue weighted by atomic mass is 16.5. The molecule has 1 unspecified atom stereocenters. The van der Waals surface area contributed by atoms with E-state index in [4.69, 9.17) is 9.73 Å². The van der Waals surface area contributed by atoms with Crippen molar-refractivity contribution in [1.82, 2.24) is 4.98 Å². The van der Waals surface area contributed by atoms with Gasteiger partial charge in [0.1, 0.15) is 11.4 Å². The van der Waals surface area contributed by atoms with Gasteiger partial charge in [-0.05, 0) is 63.6 Å². The molecule has 136 valence electrons. The van der Waals surface area contributed by atoms with Crippen LogP contribution >= 0.6 is 0 Å². The second-order valence-corrected chi connectivity index (χ2v) is 8.14. The maximum Gasteiger partial charge on any atom is 0.229 e. The Kier molecular flexibility index (Phi) is 3.21. The molecule has 0 fully saturated rings. The molecule has 2 aliphatic heterocycles. The molecule has 0 bridgehead atoms. The van der Waals surface area contributed by atoms with Gasteiger partial charge in [0.25, 0.3) is 0 Å². The van der Waals surface area contributed by atoms with Gasteiger partial charge in [0.2, 0.25) is 5.72 Å². The van der Waals surface area contributed by atoms with Crippen LogP contribution in [-0.2, 0) is 5.41 Å². The van der Waals surface area contributed by atoms with E-state index in [1.54, 1.807) is 6.20 Å². The number of para-hydroxylation sites is 1. The average molecular weight is 357 g/mol. The summed E-state index contributed by atoms with van der Waals surface area (Å²) in [7, 11) is 0. The Bertz CT molecular complexity index is 1090. The molecule has 27 heavy (non-hydrogen) atoms. The Hall–Kier alpha value is -2.88. The minimum atomic E-state index is -0.659. The predicted octanol–water partition coefficient (Wildman–Crippen LogP) is 5.23. The Morgan fingerprint density at radius 3 is 2.63 bits per heavy atom. The van der Waals surface area contributed by atoms with Gasteiger partial charge in [-0.25, -0.2) is 0 Å².